The quantitative estimate of drug-likeness (QED) is 0.379. The maximum absolute atomic E-state index is 13.9. The van der Waals surface area contributed by atoms with Gasteiger partial charge in [-0.2, -0.15) is 0 Å². The van der Waals surface area contributed by atoms with Crippen molar-refractivity contribution in [2.75, 3.05) is 17.4 Å². The first-order chi connectivity index (χ1) is 17.5. The highest BCUT2D eigenvalue weighted by atomic mass is 35.5. The lowest BCUT2D eigenvalue weighted by atomic mass is 10.1. The van der Waals surface area contributed by atoms with Crippen molar-refractivity contribution in [2.24, 2.45) is 0 Å². The van der Waals surface area contributed by atoms with Crippen molar-refractivity contribution in [3.63, 3.8) is 0 Å². The van der Waals surface area contributed by atoms with Crippen molar-refractivity contribution in [1.29, 1.82) is 0 Å². The first kappa shape index (κ1) is 28.4. The number of benzene rings is 3. The fraction of sp³-hybridized carbons (Fsp3) is 0.231. The van der Waals surface area contributed by atoms with Gasteiger partial charge in [-0.05, 0) is 61.9 Å². The van der Waals surface area contributed by atoms with Gasteiger partial charge in [-0.25, -0.2) is 12.8 Å². The first-order valence-electron chi connectivity index (χ1n) is 11.4. The van der Waals surface area contributed by atoms with Gasteiger partial charge in [0.05, 0.1) is 15.6 Å². The fourth-order valence-electron chi connectivity index (χ4n) is 3.58. The molecule has 1 atom stereocenters. The maximum atomic E-state index is 13.9. The van der Waals surface area contributed by atoms with E-state index in [0.717, 1.165) is 16.4 Å². The fourth-order valence-corrected chi connectivity index (χ4v) is 5.31. The predicted octanol–water partition coefficient (Wildman–Crippen LogP) is 4.88. The summed E-state index contributed by atoms with van der Waals surface area (Å²) in [5, 5.41) is 2.89. The number of sulfonamides is 1. The molecule has 0 radical (unpaired) electrons. The van der Waals surface area contributed by atoms with Crippen molar-refractivity contribution < 1.29 is 22.4 Å². The second kappa shape index (κ2) is 12.4. The molecule has 0 fully saturated rings. The van der Waals surface area contributed by atoms with Crippen LogP contribution in [0, 0.1) is 5.82 Å². The van der Waals surface area contributed by atoms with Crippen LogP contribution in [0.25, 0.3) is 0 Å². The summed E-state index contributed by atoms with van der Waals surface area (Å²) in [6.07, 6.45) is 0. The van der Waals surface area contributed by atoms with E-state index in [2.05, 4.69) is 5.32 Å². The zero-order valence-corrected chi connectivity index (χ0v) is 22.5. The predicted molar refractivity (Wildman–Crippen MR) is 143 cm³/mol. The molecule has 0 aliphatic heterocycles. The number of carbonyl (C=O) groups is 2. The summed E-state index contributed by atoms with van der Waals surface area (Å²) in [5.74, 6) is -1.77. The monoisotopic (exact) mass is 565 g/mol. The summed E-state index contributed by atoms with van der Waals surface area (Å²) in [6, 6.07) is 16.8. The van der Waals surface area contributed by atoms with Crippen LogP contribution in [0.5, 0.6) is 0 Å². The molecule has 0 aromatic heterocycles. The third-order valence-electron chi connectivity index (χ3n) is 5.59. The van der Waals surface area contributed by atoms with Crippen molar-refractivity contribution in [2.45, 2.75) is 31.3 Å². The van der Waals surface area contributed by atoms with Gasteiger partial charge in [0.15, 0.2) is 0 Å². The molecule has 0 heterocycles. The van der Waals surface area contributed by atoms with Crippen LogP contribution in [0.4, 0.5) is 10.1 Å². The van der Waals surface area contributed by atoms with E-state index in [1.807, 2.05) is 0 Å². The molecular weight excluding hydrogens is 540 g/mol. The zero-order valence-electron chi connectivity index (χ0n) is 20.2. The molecule has 0 aliphatic rings. The number of hydrogen-bond acceptors (Lipinski definition) is 4. The number of anilines is 1. The summed E-state index contributed by atoms with van der Waals surface area (Å²) < 4.78 is 42.0. The SMILES string of the molecule is CCNC(=O)[C@@H](C)N(Cc1ccc(Cl)cc1)C(=O)CN(c1ccc(F)c(Cl)c1)S(=O)(=O)c1ccccc1. The molecule has 0 saturated heterocycles. The zero-order chi connectivity index (χ0) is 27.2. The Morgan fingerprint density at radius 1 is 1.00 bits per heavy atom. The Morgan fingerprint density at radius 2 is 1.65 bits per heavy atom. The van der Waals surface area contributed by atoms with Crippen LogP contribution in [-0.2, 0) is 26.2 Å². The number of likely N-dealkylation sites (N-methyl/N-ethyl adjacent to an activating group) is 1. The van der Waals surface area contributed by atoms with Crippen LogP contribution >= 0.6 is 23.2 Å². The third kappa shape index (κ3) is 7.00. The van der Waals surface area contributed by atoms with Crippen molar-refractivity contribution in [1.82, 2.24) is 10.2 Å². The Labute approximate surface area is 225 Å². The number of rotatable bonds is 10. The molecular formula is C26H26Cl2FN3O4S. The summed E-state index contributed by atoms with van der Waals surface area (Å²) >= 11 is 11.9. The largest absolute Gasteiger partial charge is 0.355 e. The Morgan fingerprint density at radius 3 is 2.24 bits per heavy atom. The van der Waals surface area contributed by atoms with Crippen LogP contribution in [0.15, 0.2) is 77.7 Å². The topological polar surface area (TPSA) is 86.8 Å². The van der Waals surface area contributed by atoms with Crippen LogP contribution in [0.3, 0.4) is 0 Å². The number of halogens is 3. The normalized spacial score (nSPS) is 12.0. The molecule has 0 unspecified atom stereocenters. The molecule has 0 aliphatic carbocycles. The van der Waals surface area contributed by atoms with Gasteiger partial charge >= 0.3 is 0 Å². The number of hydrogen-bond donors (Lipinski definition) is 1. The van der Waals surface area contributed by atoms with E-state index < -0.39 is 40.2 Å². The van der Waals surface area contributed by atoms with E-state index >= 15 is 0 Å². The van der Waals surface area contributed by atoms with Gasteiger partial charge in [0.2, 0.25) is 11.8 Å². The molecule has 3 rings (SSSR count). The minimum atomic E-state index is -4.26. The number of nitrogens with zero attached hydrogens (tertiary/aromatic N) is 2. The lowest BCUT2D eigenvalue weighted by Crippen LogP contribution is -2.51. The summed E-state index contributed by atoms with van der Waals surface area (Å²) in [6.45, 7) is 3.04. The van der Waals surface area contributed by atoms with E-state index in [9.17, 15) is 22.4 Å². The van der Waals surface area contributed by atoms with Gasteiger partial charge in [-0.3, -0.25) is 13.9 Å². The highest BCUT2D eigenvalue weighted by Gasteiger charge is 2.32. The van der Waals surface area contributed by atoms with E-state index in [1.54, 1.807) is 56.3 Å². The summed E-state index contributed by atoms with van der Waals surface area (Å²) in [4.78, 5) is 27.6. The van der Waals surface area contributed by atoms with Gasteiger partial charge in [0.25, 0.3) is 10.0 Å². The molecule has 11 heteroatoms. The van der Waals surface area contributed by atoms with E-state index in [0.29, 0.717) is 17.1 Å². The molecule has 3 aromatic rings. The molecule has 3 aromatic carbocycles. The molecule has 0 saturated carbocycles. The van der Waals surface area contributed by atoms with Gasteiger partial charge in [0, 0.05) is 18.1 Å². The highest BCUT2D eigenvalue weighted by Crippen LogP contribution is 2.28. The Balaban J connectivity index is 2.03. The van der Waals surface area contributed by atoms with Crippen LogP contribution in [0.2, 0.25) is 10.0 Å². The van der Waals surface area contributed by atoms with E-state index in [4.69, 9.17) is 23.2 Å². The smallest absolute Gasteiger partial charge is 0.264 e. The average Bonchev–Trinajstić information content (AvgIpc) is 2.88. The molecule has 2 amide bonds. The van der Waals surface area contributed by atoms with Crippen molar-refractivity contribution in [3.05, 3.63) is 94.2 Å². The lowest BCUT2D eigenvalue weighted by molar-refractivity contribution is -0.139. The van der Waals surface area contributed by atoms with Crippen LogP contribution in [-0.4, -0.2) is 44.3 Å². The number of amides is 2. The van der Waals surface area contributed by atoms with Crippen LogP contribution < -0.4 is 9.62 Å². The minimum absolute atomic E-state index is 0.000656. The van der Waals surface area contributed by atoms with Gasteiger partial charge in [-0.15, -0.1) is 0 Å². The van der Waals surface area contributed by atoms with Gasteiger partial charge < -0.3 is 10.2 Å². The first-order valence-corrected chi connectivity index (χ1v) is 13.6. The van der Waals surface area contributed by atoms with Crippen LogP contribution in [0.1, 0.15) is 19.4 Å². The van der Waals surface area contributed by atoms with Crippen molar-refractivity contribution >= 4 is 50.7 Å². The lowest BCUT2D eigenvalue weighted by Gasteiger charge is -2.32. The molecule has 7 nitrogen and oxygen atoms in total. The highest BCUT2D eigenvalue weighted by molar-refractivity contribution is 7.92. The second-order valence-electron chi connectivity index (χ2n) is 8.14. The summed E-state index contributed by atoms with van der Waals surface area (Å²) in [5.41, 5.74) is 0.692. The number of nitrogens with one attached hydrogen (secondary N) is 1. The molecule has 37 heavy (non-hydrogen) atoms. The Kier molecular flexibility index (Phi) is 9.53. The van der Waals surface area contributed by atoms with E-state index in [1.165, 1.54) is 23.1 Å². The molecule has 0 spiro atoms. The van der Waals surface area contributed by atoms with Crippen molar-refractivity contribution in [3.8, 4) is 0 Å². The third-order valence-corrected chi connectivity index (χ3v) is 7.92. The maximum Gasteiger partial charge on any atom is 0.264 e. The summed E-state index contributed by atoms with van der Waals surface area (Å²) in [7, 11) is -4.26. The average molecular weight is 566 g/mol. The molecule has 0 bridgehead atoms. The Hall–Kier alpha value is -3.14. The molecule has 196 valence electrons. The van der Waals surface area contributed by atoms with E-state index in [-0.39, 0.29) is 22.2 Å². The van der Waals surface area contributed by atoms with Gasteiger partial charge in [-0.1, -0.05) is 53.5 Å². The second-order valence-corrected chi connectivity index (χ2v) is 10.8. The Bertz CT molecular complexity index is 1360. The number of carbonyl (C=O) groups excluding carboxylic acids is 2. The standard InChI is InChI=1S/C26H26Cl2FN3O4S/c1-3-30-26(34)18(2)31(16-19-9-11-20(27)12-10-19)25(33)17-32(21-13-14-24(29)23(28)15-21)37(35,36)22-7-5-4-6-8-22/h4-15,18H,3,16-17H2,1-2H3,(H,30,34)/t18-/m1/s1. The van der Waals surface area contributed by atoms with Gasteiger partial charge in [0.1, 0.15) is 18.4 Å². The molecule has 1 N–H and O–H groups in total. The minimum Gasteiger partial charge on any atom is -0.355 e.